The molecule has 3 aromatic rings. The molecular formula is C23H23N3O2. The lowest BCUT2D eigenvalue weighted by atomic mass is 10.1. The first-order valence-electron chi connectivity index (χ1n) is 9.85. The van der Waals surface area contributed by atoms with Gasteiger partial charge in [0, 0.05) is 18.5 Å². The van der Waals surface area contributed by atoms with E-state index < -0.39 is 0 Å². The Labute approximate surface area is 164 Å². The number of amides is 1. The van der Waals surface area contributed by atoms with Crippen LogP contribution < -0.4 is 4.74 Å². The van der Waals surface area contributed by atoms with Crippen molar-refractivity contribution < 1.29 is 9.53 Å². The second kappa shape index (κ2) is 7.15. The number of rotatable bonds is 5. The van der Waals surface area contributed by atoms with Gasteiger partial charge in [0.15, 0.2) is 0 Å². The highest BCUT2D eigenvalue weighted by atomic mass is 16.5. The van der Waals surface area contributed by atoms with E-state index in [1.165, 1.54) is 5.56 Å². The normalized spacial score (nSPS) is 20.5. The van der Waals surface area contributed by atoms with Crippen LogP contribution in [0.4, 0.5) is 0 Å². The number of fused-ring (bicyclic) bond motifs is 1. The molecule has 2 heterocycles. The maximum atomic E-state index is 12.9. The number of benzene rings is 2. The van der Waals surface area contributed by atoms with Gasteiger partial charge in [0.05, 0.1) is 18.8 Å². The summed E-state index contributed by atoms with van der Waals surface area (Å²) in [6, 6.07) is 22.4. The van der Waals surface area contributed by atoms with Crippen LogP contribution in [-0.4, -0.2) is 27.1 Å². The Morgan fingerprint density at radius 2 is 1.79 bits per heavy atom. The van der Waals surface area contributed by atoms with Gasteiger partial charge >= 0.3 is 0 Å². The van der Waals surface area contributed by atoms with E-state index in [1.54, 1.807) is 0 Å². The molecule has 0 radical (unpaired) electrons. The molecule has 2 atom stereocenters. The van der Waals surface area contributed by atoms with Crippen LogP contribution in [0.15, 0.2) is 66.7 Å². The number of carbonyl (C=O) groups excluding carboxylic acids is 1. The van der Waals surface area contributed by atoms with Crippen molar-refractivity contribution >= 4 is 5.91 Å². The summed E-state index contributed by atoms with van der Waals surface area (Å²) in [5, 5.41) is 4.54. The maximum absolute atomic E-state index is 12.9. The van der Waals surface area contributed by atoms with Gasteiger partial charge in [-0.3, -0.25) is 9.48 Å². The molecule has 0 spiro atoms. The summed E-state index contributed by atoms with van der Waals surface area (Å²) in [6.07, 6.45) is 0.962. The smallest absolute Gasteiger partial charge is 0.233 e. The van der Waals surface area contributed by atoms with E-state index in [0.29, 0.717) is 31.5 Å². The second-order valence-electron chi connectivity index (χ2n) is 7.59. The fourth-order valence-corrected chi connectivity index (χ4v) is 4.00. The molecule has 5 nitrogen and oxygen atoms in total. The monoisotopic (exact) mass is 373 g/mol. The number of aromatic nitrogens is 2. The average molecular weight is 373 g/mol. The molecule has 2 aromatic carbocycles. The molecule has 1 saturated carbocycles. The van der Waals surface area contributed by atoms with Crippen molar-refractivity contribution in [3.8, 4) is 5.88 Å². The van der Waals surface area contributed by atoms with Crippen LogP contribution in [0.1, 0.15) is 29.2 Å². The van der Waals surface area contributed by atoms with Crippen molar-refractivity contribution in [2.45, 2.75) is 32.0 Å². The van der Waals surface area contributed by atoms with E-state index in [2.05, 4.69) is 17.2 Å². The molecule has 5 heteroatoms. The third kappa shape index (κ3) is 3.40. The minimum atomic E-state index is 0.130. The number of carbonyl (C=O) groups is 1. The minimum Gasteiger partial charge on any atom is -0.472 e. The van der Waals surface area contributed by atoms with Gasteiger partial charge in [-0.05, 0) is 23.5 Å². The zero-order chi connectivity index (χ0) is 18.9. The van der Waals surface area contributed by atoms with Crippen molar-refractivity contribution in [3.05, 3.63) is 83.6 Å². The summed E-state index contributed by atoms with van der Waals surface area (Å²) in [6.45, 7) is 2.54. The summed E-state index contributed by atoms with van der Waals surface area (Å²) >= 11 is 0. The largest absolute Gasteiger partial charge is 0.472 e. The van der Waals surface area contributed by atoms with Crippen molar-refractivity contribution in [1.29, 1.82) is 0 Å². The molecule has 1 aromatic heterocycles. The van der Waals surface area contributed by atoms with E-state index in [4.69, 9.17) is 4.74 Å². The summed E-state index contributed by atoms with van der Waals surface area (Å²) in [5.41, 5.74) is 3.44. The molecule has 1 aliphatic heterocycles. The van der Waals surface area contributed by atoms with Gasteiger partial charge in [-0.1, -0.05) is 60.7 Å². The zero-order valence-corrected chi connectivity index (χ0v) is 15.7. The standard InChI is InChI=1S/C23H23N3O2/c27-23(21-14-20(21)18-9-5-2-6-10-18)25-11-12-26-19(15-25)13-22(24-26)28-16-17-7-3-1-4-8-17/h1-10,13,20-21H,11-12,14-16H2. The Kier molecular flexibility index (Phi) is 4.35. The summed E-state index contributed by atoms with van der Waals surface area (Å²) in [7, 11) is 0. The summed E-state index contributed by atoms with van der Waals surface area (Å²) in [4.78, 5) is 14.9. The van der Waals surface area contributed by atoms with Crippen molar-refractivity contribution in [3.63, 3.8) is 0 Å². The topological polar surface area (TPSA) is 47.4 Å². The van der Waals surface area contributed by atoms with Gasteiger partial charge < -0.3 is 9.64 Å². The third-order valence-corrected chi connectivity index (χ3v) is 5.65. The highest BCUT2D eigenvalue weighted by molar-refractivity contribution is 5.83. The van der Waals surface area contributed by atoms with Crippen LogP contribution in [0.25, 0.3) is 0 Å². The van der Waals surface area contributed by atoms with E-state index in [0.717, 1.165) is 24.2 Å². The highest BCUT2D eigenvalue weighted by Gasteiger charge is 2.46. The van der Waals surface area contributed by atoms with Crippen LogP contribution in [0.3, 0.4) is 0 Å². The molecular weight excluding hydrogens is 350 g/mol. The van der Waals surface area contributed by atoms with Gasteiger partial charge in [-0.25, -0.2) is 0 Å². The van der Waals surface area contributed by atoms with Crippen molar-refractivity contribution in [2.75, 3.05) is 6.54 Å². The number of nitrogens with zero attached hydrogens (tertiary/aromatic N) is 3. The molecule has 2 aliphatic rings. The summed E-state index contributed by atoms with van der Waals surface area (Å²) < 4.78 is 7.80. The molecule has 142 valence electrons. The number of hydrogen-bond donors (Lipinski definition) is 0. The molecule has 0 saturated heterocycles. The van der Waals surface area contributed by atoms with Crippen LogP contribution in [0.2, 0.25) is 0 Å². The summed E-state index contributed by atoms with van der Waals surface area (Å²) in [5.74, 6) is 1.41. The van der Waals surface area contributed by atoms with Gasteiger partial charge in [0.25, 0.3) is 0 Å². The first kappa shape index (κ1) is 17.0. The van der Waals surface area contributed by atoms with Gasteiger partial charge in [-0.2, -0.15) is 0 Å². The lowest BCUT2D eigenvalue weighted by molar-refractivity contribution is -0.134. The quantitative estimate of drug-likeness (QED) is 0.686. The predicted octanol–water partition coefficient (Wildman–Crippen LogP) is 3.61. The van der Waals surface area contributed by atoms with Crippen LogP contribution in [0.5, 0.6) is 5.88 Å². The van der Waals surface area contributed by atoms with Crippen LogP contribution >= 0.6 is 0 Å². The number of hydrogen-bond acceptors (Lipinski definition) is 3. The maximum Gasteiger partial charge on any atom is 0.233 e. The first-order valence-corrected chi connectivity index (χ1v) is 9.85. The Morgan fingerprint density at radius 3 is 2.57 bits per heavy atom. The molecule has 5 rings (SSSR count). The Hall–Kier alpha value is -3.08. The Morgan fingerprint density at radius 1 is 1.04 bits per heavy atom. The lowest BCUT2D eigenvalue weighted by Crippen LogP contribution is -2.39. The Balaban J connectivity index is 1.21. The SMILES string of the molecule is O=C(C1CC1c1ccccc1)N1CCn2nc(OCc3ccccc3)cc2C1. The van der Waals surface area contributed by atoms with Gasteiger partial charge in [0.1, 0.15) is 6.61 Å². The minimum absolute atomic E-state index is 0.130. The average Bonchev–Trinajstić information content (AvgIpc) is 3.45. The highest BCUT2D eigenvalue weighted by Crippen LogP contribution is 2.48. The molecule has 2 unspecified atom stereocenters. The number of ether oxygens (including phenoxy) is 1. The van der Waals surface area contributed by atoms with Crippen molar-refractivity contribution in [2.24, 2.45) is 5.92 Å². The first-order chi connectivity index (χ1) is 13.8. The molecule has 28 heavy (non-hydrogen) atoms. The van der Waals surface area contributed by atoms with E-state index in [1.807, 2.05) is 64.2 Å². The van der Waals surface area contributed by atoms with E-state index >= 15 is 0 Å². The lowest BCUT2D eigenvalue weighted by Gasteiger charge is -2.27. The fourth-order valence-electron chi connectivity index (χ4n) is 4.00. The molecule has 0 N–H and O–H groups in total. The van der Waals surface area contributed by atoms with E-state index in [9.17, 15) is 4.79 Å². The third-order valence-electron chi connectivity index (χ3n) is 5.65. The Bertz CT molecular complexity index is 968. The van der Waals surface area contributed by atoms with Crippen LogP contribution in [0, 0.1) is 5.92 Å². The molecule has 0 bridgehead atoms. The van der Waals surface area contributed by atoms with Crippen molar-refractivity contribution in [1.82, 2.24) is 14.7 Å². The zero-order valence-electron chi connectivity index (χ0n) is 15.7. The molecule has 1 aliphatic carbocycles. The molecule has 1 fully saturated rings. The van der Waals surface area contributed by atoms with E-state index in [-0.39, 0.29) is 11.8 Å². The van der Waals surface area contributed by atoms with Gasteiger partial charge in [-0.15, -0.1) is 5.10 Å². The van der Waals surface area contributed by atoms with Crippen LogP contribution in [-0.2, 0) is 24.5 Å². The molecule has 1 amide bonds. The predicted molar refractivity (Wildman–Crippen MR) is 106 cm³/mol. The second-order valence-corrected chi connectivity index (χ2v) is 7.59. The fraction of sp³-hybridized carbons (Fsp3) is 0.304. The van der Waals surface area contributed by atoms with Gasteiger partial charge in [0.2, 0.25) is 11.8 Å².